The molecule has 39 heavy (non-hydrogen) atoms. The molecule has 2 fully saturated rings. The third kappa shape index (κ3) is 9.72. The van der Waals surface area contributed by atoms with E-state index in [1.54, 1.807) is 36.4 Å². The van der Waals surface area contributed by atoms with E-state index in [2.05, 4.69) is 41.6 Å². The summed E-state index contributed by atoms with van der Waals surface area (Å²) in [5, 5.41) is 9.65. The van der Waals surface area contributed by atoms with E-state index in [9.17, 15) is 14.0 Å². The Morgan fingerprint density at radius 2 is 1.90 bits per heavy atom. The van der Waals surface area contributed by atoms with E-state index in [0.29, 0.717) is 22.8 Å². The first-order valence-electron chi connectivity index (χ1n) is 13.3. The molecular weight excluding hydrogens is 542 g/mol. The van der Waals surface area contributed by atoms with E-state index in [1.165, 1.54) is 6.07 Å². The quantitative estimate of drug-likeness (QED) is 0.304. The van der Waals surface area contributed by atoms with Crippen LogP contribution in [0.15, 0.2) is 42.5 Å². The van der Waals surface area contributed by atoms with Crippen molar-refractivity contribution >= 4 is 41.2 Å². The van der Waals surface area contributed by atoms with E-state index < -0.39 is 11.7 Å². The summed E-state index contributed by atoms with van der Waals surface area (Å²) in [6.45, 7) is 12.2. The Kier molecular flexibility index (Phi) is 12.0. The van der Waals surface area contributed by atoms with E-state index in [4.69, 9.17) is 27.9 Å². The number of carbonyl (C=O) groups is 2. The molecule has 214 valence electrons. The van der Waals surface area contributed by atoms with Crippen molar-refractivity contribution in [1.29, 1.82) is 0 Å². The SMILES string of the molecule is CC(C)(C)CC1NCC(c2cccc(Cl)c2F)C1C(=O)Nc1cccc(Cl)c1.O=CNCCN1CCOCC1. The smallest absolute Gasteiger partial charge is 0.229 e. The number of halogens is 3. The highest BCUT2D eigenvalue weighted by Crippen LogP contribution is 2.39. The van der Waals surface area contributed by atoms with Gasteiger partial charge in [0.2, 0.25) is 12.3 Å². The zero-order chi connectivity index (χ0) is 28.4. The minimum atomic E-state index is -0.451. The van der Waals surface area contributed by atoms with Gasteiger partial charge in [-0.1, -0.05) is 62.2 Å². The Morgan fingerprint density at radius 1 is 1.18 bits per heavy atom. The average Bonchev–Trinajstić information content (AvgIpc) is 3.28. The van der Waals surface area contributed by atoms with Crippen molar-refractivity contribution in [2.24, 2.45) is 11.3 Å². The van der Waals surface area contributed by atoms with Crippen molar-refractivity contribution in [2.45, 2.75) is 39.2 Å². The van der Waals surface area contributed by atoms with E-state index in [1.807, 2.05) is 0 Å². The predicted octanol–water partition coefficient (Wildman–Crippen LogP) is 4.94. The summed E-state index contributed by atoms with van der Waals surface area (Å²) >= 11 is 12.0. The zero-order valence-electron chi connectivity index (χ0n) is 22.8. The van der Waals surface area contributed by atoms with Gasteiger partial charge in [0.25, 0.3) is 0 Å². The van der Waals surface area contributed by atoms with Crippen molar-refractivity contribution in [3.63, 3.8) is 0 Å². The van der Waals surface area contributed by atoms with Crippen molar-refractivity contribution in [3.05, 3.63) is 63.9 Å². The lowest BCUT2D eigenvalue weighted by Gasteiger charge is -2.29. The van der Waals surface area contributed by atoms with Crippen molar-refractivity contribution in [3.8, 4) is 0 Å². The highest BCUT2D eigenvalue weighted by atomic mass is 35.5. The number of benzene rings is 2. The van der Waals surface area contributed by atoms with Gasteiger partial charge in [-0.2, -0.15) is 0 Å². The molecule has 0 aromatic heterocycles. The van der Waals surface area contributed by atoms with E-state index >= 15 is 0 Å². The van der Waals surface area contributed by atoms with Gasteiger partial charge in [-0.15, -0.1) is 0 Å². The Bertz CT molecular complexity index is 1090. The van der Waals surface area contributed by atoms with E-state index in [0.717, 1.165) is 52.2 Å². The summed E-state index contributed by atoms with van der Waals surface area (Å²) in [5.41, 5.74) is 1.13. The van der Waals surface area contributed by atoms with Crippen molar-refractivity contribution in [1.82, 2.24) is 15.5 Å². The van der Waals surface area contributed by atoms with Crippen LogP contribution in [0.3, 0.4) is 0 Å². The number of amides is 2. The van der Waals surface area contributed by atoms with Crippen LogP contribution in [0.4, 0.5) is 10.1 Å². The maximum atomic E-state index is 14.7. The normalized spacial score (nSPS) is 21.5. The van der Waals surface area contributed by atoms with Crippen LogP contribution in [0.5, 0.6) is 0 Å². The first-order valence-corrected chi connectivity index (χ1v) is 14.1. The lowest BCUT2D eigenvalue weighted by atomic mass is 9.78. The molecule has 2 amide bonds. The Hall–Kier alpha value is -2.23. The van der Waals surface area contributed by atoms with Gasteiger partial charge in [-0.05, 0) is 41.7 Å². The molecule has 3 unspecified atom stereocenters. The van der Waals surface area contributed by atoms with Gasteiger partial charge in [0.05, 0.1) is 24.2 Å². The maximum Gasteiger partial charge on any atom is 0.229 e. The van der Waals surface area contributed by atoms with Gasteiger partial charge in [-0.25, -0.2) is 4.39 Å². The van der Waals surface area contributed by atoms with Gasteiger partial charge in [0.1, 0.15) is 5.82 Å². The minimum Gasteiger partial charge on any atom is -0.379 e. The third-order valence-electron chi connectivity index (χ3n) is 6.83. The number of hydrogen-bond acceptors (Lipinski definition) is 5. The molecular formula is C29H39Cl2FN4O3. The molecule has 2 saturated heterocycles. The molecule has 0 saturated carbocycles. The summed E-state index contributed by atoms with van der Waals surface area (Å²) in [4.78, 5) is 25.4. The molecule has 10 heteroatoms. The minimum absolute atomic E-state index is 0.0218. The van der Waals surface area contributed by atoms with Crippen LogP contribution in [0, 0.1) is 17.2 Å². The fourth-order valence-electron chi connectivity index (χ4n) is 5.05. The van der Waals surface area contributed by atoms with Gasteiger partial charge in [0.15, 0.2) is 0 Å². The highest BCUT2D eigenvalue weighted by molar-refractivity contribution is 6.31. The van der Waals surface area contributed by atoms with Crippen molar-refractivity contribution in [2.75, 3.05) is 51.3 Å². The zero-order valence-corrected chi connectivity index (χ0v) is 24.3. The molecule has 2 aromatic carbocycles. The second-order valence-electron chi connectivity index (χ2n) is 11.1. The van der Waals surface area contributed by atoms with E-state index in [-0.39, 0.29) is 28.3 Å². The lowest BCUT2D eigenvalue weighted by molar-refractivity contribution is -0.120. The van der Waals surface area contributed by atoms with Gasteiger partial charge >= 0.3 is 0 Å². The molecule has 2 heterocycles. The molecule has 3 N–H and O–H groups in total. The van der Waals surface area contributed by atoms with Crippen LogP contribution < -0.4 is 16.0 Å². The average molecular weight is 582 g/mol. The highest BCUT2D eigenvalue weighted by Gasteiger charge is 2.44. The molecule has 2 aliphatic heterocycles. The number of ether oxygens (including phenoxy) is 1. The van der Waals surface area contributed by atoms with Crippen molar-refractivity contribution < 1.29 is 18.7 Å². The number of anilines is 1. The fraction of sp³-hybridized carbons (Fsp3) is 0.517. The molecule has 2 aliphatic rings. The predicted molar refractivity (Wildman–Crippen MR) is 155 cm³/mol. The molecule has 0 radical (unpaired) electrons. The summed E-state index contributed by atoms with van der Waals surface area (Å²) < 4.78 is 19.9. The molecule has 7 nitrogen and oxygen atoms in total. The van der Waals surface area contributed by atoms with Crippen LogP contribution >= 0.6 is 23.2 Å². The largest absolute Gasteiger partial charge is 0.379 e. The number of rotatable bonds is 8. The summed E-state index contributed by atoms with van der Waals surface area (Å²) in [6, 6.07) is 11.9. The second kappa shape index (κ2) is 15.0. The molecule has 2 aromatic rings. The number of nitrogens with one attached hydrogen (secondary N) is 3. The van der Waals surface area contributed by atoms with Crippen LogP contribution in [0.2, 0.25) is 10.0 Å². The first-order chi connectivity index (χ1) is 18.6. The summed E-state index contributed by atoms with van der Waals surface area (Å²) in [6.07, 6.45) is 1.53. The number of carbonyl (C=O) groups excluding carboxylic acids is 2. The molecule has 0 bridgehead atoms. The lowest BCUT2D eigenvalue weighted by Crippen LogP contribution is -2.40. The Morgan fingerprint density at radius 3 is 2.56 bits per heavy atom. The molecule has 3 atom stereocenters. The number of nitrogens with zero attached hydrogens (tertiary/aromatic N) is 1. The number of hydrogen-bond donors (Lipinski definition) is 3. The Balaban J connectivity index is 0.000000320. The molecule has 4 rings (SSSR count). The fourth-order valence-corrected chi connectivity index (χ4v) is 5.42. The molecule has 0 spiro atoms. The number of morpholine rings is 1. The van der Waals surface area contributed by atoms with Crippen LogP contribution in [0.25, 0.3) is 0 Å². The second-order valence-corrected chi connectivity index (χ2v) is 11.9. The standard InChI is InChI=1S/C22H25Cl2FN2O.C7H14N2O2/c1-22(2,3)11-18-19(21(28)27-14-7-4-6-13(23)10-14)16(12-26-18)15-8-5-9-17(24)20(15)25;10-7-8-1-2-9-3-5-11-6-4-9/h4-10,16,18-19,26H,11-12H2,1-3H3,(H,27,28);7H,1-6H2,(H,8,10). The maximum absolute atomic E-state index is 14.7. The monoisotopic (exact) mass is 580 g/mol. The Labute approximate surface area is 240 Å². The van der Waals surface area contributed by atoms with Gasteiger partial charge in [0, 0.05) is 55.4 Å². The topological polar surface area (TPSA) is 82.7 Å². The third-order valence-corrected chi connectivity index (χ3v) is 7.36. The summed E-state index contributed by atoms with van der Waals surface area (Å²) in [5.74, 6) is -1.32. The summed E-state index contributed by atoms with van der Waals surface area (Å²) in [7, 11) is 0. The molecule has 0 aliphatic carbocycles. The van der Waals surface area contributed by atoms with Crippen LogP contribution in [-0.4, -0.2) is 69.2 Å². The van der Waals surface area contributed by atoms with Crippen LogP contribution in [-0.2, 0) is 14.3 Å². The van der Waals surface area contributed by atoms with Crippen LogP contribution in [0.1, 0.15) is 38.7 Å². The first kappa shape index (κ1) is 31.3. The van der Waals surface area contributed by atoms with Gasteiger partial charge in [-0.3, -0.25) is 14.5 Å². The van der Waals surface area contributed by atoms with Gasteiger partial charge < -0.3 is 20.7 Å².